The van der Waals surface area contributed by atoms with Crippen molar-refractivity contribution in [2.75, 3.05) is 39.2 Å². The average Bonchev–Trinajstić information content (AvgIpc) is 2.70. The van der Waals surface area contributed by atoms with Crippen molar-refractivity contribution in [2.45, 2.75) is 6.10 Å². The fourth-order valence-corrected chi connectivity index (χ4v) is 3.11. The van der Waals surface area contributed by atoms with Crippen molar-refractivity contribution in [3.63, 3.8) is 0 Å². The molecule has 0 spiro atoms. The van der Waals surface area contributed by atoms with Crippen LogP contribution in [0.15, 0.2) is 18.3 Å². The van der Waals surface area contributed by atoms with Crippen LogP contribution in [0, 0.1) is 0 Å². The summed E-state index contributed by atoms with van der Waals surface area (Å²) in [6.45, 7) is 1.44. The molecule has 1 unspecified atom stereocenters. The first-order valence-corrected chi connectivity index (χ1v) is 8.83. The fraction of sp³-hybridized carbons (Fsp3) is 0.353. The number of nitrogens with one attached hydrogen (secondary N) is 1. The van der Waals surface area contributed by atoms with E-state index in [0.717, 1.165) is 12.0 Å². The van der Waals surface area contributed by atoms with Gasteiger partial charge in [0.1, 0.15) is 16.9 Å². The maximum absolute atomic E-state index is 11.1. The number of ether oxygens (including phenoxy) is 3. The molecule has 0 radical (unpaired) electrons. The summed E-state index contributed by atoms with van der Waals surface area (Å²) in [5, 5.41) is 3.75. The van der Waals surface area contributed by atoms with Crippen LogP contribution in [0.1, 0.15) is 11.7 Å². The summed E-state index contributed by atoms with van der Waals surface area (Å²) in [6.07, 6.45) is 1.92. The number of anilines is 2. The average molecular weight is 413 g/mol. The third-order valence-electron chi connectivity index (χ3n) is 4.06. The van der Waals surface area contributed by atoms with Gasteiger partial charge in [0.05, 0.1) is 44.3 Å². The lowest BCUT2D eigenvalue weighted by molar-refractivity contribution is -0.125. The van der Waals surface area contributed by atoms with Gasteiger partial charge in [-0.3, -0.25) is 4.79 Å². The number of rotatable bonds is 6. The summed E-state index contributed by atoms with van der Waals surface area (Å²) in [4.78, 5) is 21.0. The normalized spacial score (nSPS) is 16.7. The van der Waals surface area contributed by atoms with Crippen LogP contribution in [0.4, 0.5) is 11.6 Å². The number of methoxy groups -OCH3 is 2. The Morgan fingerprint density at radius 1 is 1.30 bits per heavy atom. The molecule has 3 rings (SSSR count). The predicted octanol–water partition coefficient (Wildman–Crippen LogP) is 3.07. The van der Waals surface area contributed by atoms with Crippen LogP contribution in [0.2, 0.25) is 10.0 Å². The molecule has 1 aromatic carbocycles. The number of hydrogen-bond acceptors (Lipinski definition) is 7. The van der Waals surface area contributed by atoms with E-state index < -0.39 is 0 Å². The van der Waals surface area contributed by atoms with Gasteiger partial charge in [-0.1, -0.05) is 23.2 Å². The second-order valence-electron chi connectivity index (χ2n) is 5.71. The van der Waals surface area contributed by atoms with Crippen molar-refractivity contribution in [3.05, 3.63) is 33.9 Å². The Morgan fingerprint density at radius 2 is 2.11 bits per heavy atom. The molecule has 8 nitrogen and oxygen atoms in total. The van der Waals surface area contributed by atoms with Crippen LogP contribution in [0.25, 0.3) is 0 Å². The Morgan fingerprint density at radius 3 is 2.81 bits per heavy atom. The Labute approximate surface area is 166 Å². The minimum atomic E-state index is -0.322. The quantitative estimate of drug-likeness (QED) is 0.729. The Kier molecular flexibility index (Phi) is 6.20. The molecule has 1 saturated heterocycles. The highest BCUT2D eigenvalue weighted by Crippen LogP contribution is 2.37. The molecule has 10 heteroatoms. The number of aromatic nitrogens is 2. The van der Waals surface area contributed by atoms with E-state index in [2.05, 4.69) is 15.3 Å². The molecule has 1 atom stereocenters. The standard InChI is InChI=1S/C17H18Cl2N4O4/c1-25-14-6-13(21-17-20-7-12(19)16(22-17)26-2)11(18)5-10(14)15-8-23(9-24)3-4-27-15/h5-7,9,15H,3-4,8H2,1-2H3,(H,20,21,22). The number of morpholine rings is 1. The van der Waals surface area contributed by atoms with Gasteiger partial charge < -0.3 is 24.4 Å². The zero-order valence-electron chi connectivity index (χ0n) is 14.7. The lowest BCUT2D eigenvalue weighted by Crippen LogP contribution is -2.37. The van der Waals surface area contributed by atoms with Gasteiger partial charge in [0.25, 0.3) is 0 Å². The number of hydrogen-bond donors (Lipinski definition) is 1. The number of halogens is 2. The molecular weight excluding hydrogens is 395 g/mol. The largest absolute Gasteiger partial charge is 0.496 e. The first-order valence-electron chi connectivity index (χ1n) is 8.07. The molecule has 1 aliphatic rings. The second-order valence-corrected chi connectivity index (χ2v) is 6.52. The maximum atomic E-state index is 11.1. The van der Waals surface area contributed by atoms with Crippen LogP contribution >= 0.6 is 23.2 Å². The first-order chi connectivity index (χ1) is 13.0. The SMILES string of the molecule is COc1cc(Nc2ncc(Cl)c(OC)n2)c(Cl)cc1C1CN(C=O)CCO1. The van der Waals surface area contributed by atoms with Gasteiger partial charge in [0.2, 0.25) is 18.2 Å². The highest BCUT2D eigenvalue weighted by Gasteiger charge is 2.25. The van der Waals surface area contributed by atoms with E-state index in [-0.39, 0.29) is 17.9 Å². The molecule has 0 saturated carbocycles. The summed E-state index contributed by atoms with van der Waals surface area (Å²) in [7, 11) is 3.02. The van der Waals surface area contributed by atoms with Gasteiger partial charge in [-0.2, -0.15) is 4.98 Å². The summed E-state index contributed by atoms with van der Waals surface area (Å²) < 4.78 is 16.4. The summed E-state index contributed by atoms with van der Waals surface area (Å²) in [5.74, 6) is 1.09. The smallest absolute Gasteiger partial charge is 0.237 e. The lowest BCUT2D eigenvalue weighted by Gasteiger charge is -2.31. The van der Waals surface area contributed by atoms with Gasteiger partial charge in [-0.05, 0) is 6.07 Å². The van der Waals surface area contributed by atoms with Gasteiger partial charge in [0, 0.05) is 18.2 Å². The summed E-state index contributed by atoms with van der Waals surface area (Å²) >= 11 is 12.4. The lowest BCUT2D eigenvalue weighted by atomic mass is 10.1. The number of carbonyl (C=O) groups is 1. The van der Waals surface area contributed by atoms with Crippen LogP contribution in [0.5, 0.6) is 11.6 Å². The first kappa shape index (κ1) is 19.5. The van der Waals surface area contributed by atoms with Gasteiger partial charge >= 0.3 is 0 Å². The Balaban J connectivity index is 1.89. The molecule has 2 aromatic rings. The van der Waals surface area contributed by atoms with E-state index >= 15 is 0 Å². The topological polar surface area (TPSA) is 85.8 Å². The number of amides is 1. The molecule has 27 heavy (non-hydrogen) atoms. The third kappa shape index (κ3) is 4.35. The van der Waals surface area contributed by atoms with Crippen molar-refractivity contribution < 1.29 is 19.0 Å². The molecule has 1 N–H and O–H groups in total. The maximum Gasteiger partial charge on any atom is 0.237 e. The third-order valence-corrected chi connectivity index (χ3v) is 4.64. The van der Waals surface area contributed by atoms with Gasteiger partial charge in [-0.25, -0.2) is 4.98 Å². The molecule has 1 fully saturated rings. The van der Waals surface area contributed by atoms with E-state index in [9.17, 15) is 4.79 Å². The van der Waals surface area contributed by atoms with Crippen LogP contribution in [-0.4, -0.2) is 55.2 Å². The predicted molar refractivity (Wildman–Crippen MR) is 101 cm³/mol. The van der Waals surface area contributed by atoms with E-state index in [1.807, 2.05) is 0 Å². The van der Waals surface area contributed by atoms with E-state index in [0.29, 0.717) is 41.2 Å². The van der Waals surface area contributed by atoms with Crippen LogP contribution in [0.3, 0.4) is 0 Å². The van der Waals surface area contributed by atoms with Crippen LogP contribution < -0.4 is 14.8 Å². The molecule has 144 valence electrons. The second kappa shape index (κ2) is 8.60. The van der Waals surface area contributed by atoms with Crippen molar-refractivity contribution in [1.82, 2.24) is 14.9 Å². The molecule has 0 bridgehead atoms. The molecule has 0 aliphatic carbocycles. The van der Waals surface area contributed by atoms with E-state index in [1.54, 1.807) is 24.1 Å². The number of benzene rings is 1. The minimum Gasteiger partial charge on any atom is -0.496 e. The monoisotopic (exact) mass is 412 g/mol. The van der Waals surface area contributed by atoms with E-state index in [4.69, 9.17) is 37.4 Å². The van der Waals surface area contributed by atoms with Crippen molar-refractivity contribution in [3.8, 4) is 11.6 Å². The summed E-state index contributed by atoms with van der Waals surface area (Å²) in [6, 6.07) is 3.47. The van der Waals surface area contributed by atoms with Gasteiger partial charge in [0.15, 0.2) is 0 Å². The highest BCUT2D eigenvalue weighted by molar-refractivity contribution is 6.33. The fourth-order valence-electron chi connectivity index (χ4n) is 2.72. The number of nitrogens with zero attached hydrogens (tertiary/aromatic N) is 3. The van der Waals surface area contributed by atoms with Crippen molar-refractivity contribution >= 4 is 41.2 Å². The number of carbonyl (C=O) groups excluding carboxylic acids is 1. The zero-order chi connectivity index (χ0) is 19.4. The Hall–Kier alpha value is -2.29. The minimum absolute atomic E-state index is 0.249. The molecule has 1 aliphatic heterocycles. The summed E-state index contributed by atoms with van der Waals surface area (Å²) in [5.41, 5.74) is 1.30. The van der Waals surface area contributed by atoms with Gasteiger partial charge in [-0.15, -0.1) is 0 Å². The van der Waals surface area contributed by atoms with Crippen LogP contribution in [-0.2, 0) is 9.53 Å². The molecule has 2 heterocycles. The molecular formula is C17H18Cl2N4O4. The van der Waals surface area contributed by atoms with E-state index in [1.165, 1.54) is 13.3 Å². The van der Waals surface area contributed by atoms with Crippen molar-refractivity contribution in [2.24, 2.45) is 0 Å². The zero-order valence-corrected chi connectivity index (χ0v) is 16.3. The van der Waals surface area contributed by atoms with Crippen molar-refractivity contribution in [1.29, 1.82) is 0 Å². The molecule has 1 amide bonds. The highest BCUT2D eigenvalue weighted by atomic mass is 35.5. The Bertz CT molecular complexity index is 837. The molecule has 1 aromatic heterocycles.